The first kappa shape index (κ1) is 10.1. The molecule has 3 heteroatoms. The summed E-state index contributed by atoms with van der Waals surface area (Å²) in [6.07, 6.45) is 0. The molecule has 0 heterocycles. The van der Waals surface area contributed by atoms with Gasteiger partial charge in [-0.2, -0.15) is 0 Å². The van der Waals surface area contributed by atoms with E-state index in [1.54, 1.807) is 20.3 Å². The molecule has 2 aromatic carbocycles. The van der Waals surface area contributed by atoms with Gasteiger partial charge in [0.25, 0.3) is 0 Å². The van der Waals surface area contributed by atoms with E-state index in [1.165, 1.54) is 0 Å². The first-order chi connectivity index (χ1) is 7.27. The van der Waals surface area contributed by atoms with Gasteiger partial charge >= 0.3 is 0 Å². The lowest BCUT2D eigenvalue weighted by Gasteiger charge is -2.10. The number of ether oxygens (including phenoxy) is 2. The van der Waals surface area contributed by atoms with Crippen LogP contribution in [0.4, 0.5) is 0 Å². The topological polar surface area (TPSA) is 18.5 Å². The van der Waals surface area contributed by atoms with Crippen molar-refractivity contribution in [2.45, 2.75) is 0 Å². The summed E-state index contributed by atoms with van der Waals surface area (Å²) < 4.78 is 10.5. The van der Waals surface area contributed by atoms with E-state index in [0.29, 0.717) is 10.8 Å². The van der Waals surface area contributed by atoms with Gasteiger partial charge in [-0.15, -0.1) is 0 Å². The van der Waals surface area contributed by atoms with Crippen molar-refractivity contribution in [2.24, 2.45) is 0 Å². The van der Waals surface area contributed by atoms with E-state index in [9.17, 15) is 0 Å². The van der Waals surface area contributed by atoms with Gasteiger partial charge in [-0.05, 0) is 0 Å². The van der Waals surface area contributed by atoms with Crippen LogP contribution < -0.4 is 9.47 Å². The van der Waals surface area contributed by atoms with Gasteiger partial charge in [-0.25, -0.2) is 0 Å². The van der Waals surface area contributed by atoms with Crippen LogP contribution in [-0.4, -0.2) is 14.2 Å². The molecule has 15 heavy (non-hydrogen) atoms. The molecule has 0 aliphatic rings. The SMILES string of the molecule is COc1cc(OC)c2ccccc2c1Cl. The summed E-state index contributed by atoms with van der Waals surface area (Å²) in [6.45, 7) is 0. The molecule has 2 nitrogen and oxygen atoms in total. The molecule has 0 fully saturated rings. The molecule has 0 radical (unpaired) electrons. The highest BCUT2D eigenvalue weighted by atomic mass is 35.5. The second kappa shape index (κ2) is 3.99. The maximum Gasteiger partial charge on any atom is 0.141 e. The average Bonchev–Trinajstić information content (AvgIpc) is 2.30. The first-order valence-corrected chi connectivity index (χ1v) is 4.95. The number of halogens is 1. The number of hydrogen-bond donors (Lipinski definition) is 0. The van der Waals surface area contributed by atoms with Crippen molar-refractivity contribution in [3.05, 3.63) is 35.4 Å². The lowest BCUT2D eigenvalue weighted by atomic mass is 10.1. The molecule has 0 N–H and O–H groups in total. The fourth-order valence-electron chi connectivity index (χ4n) is 1.60. The van der Waals surface area contributed by atoms with Gasteiger partial charge in [-0.1, -0.05) is 35.9 Å². The first-order valence-electron chi connectivity index (χ1n) is 4.57. The maximum atomic E-state index is 6.19. The van der Waals surface area contributed by atoms with Crippen molar-refractivity contribution in [1.82, 2.24) is 0 Å². The lowest BCUT2D eigenvalue weighted by molar-refractivity contribution is 0.398. The minimum Gasteiger partial charge on any atom is -0.496 e. The van der Waals surface area contributed by atoms with Gasteiger partial charge in [-0.3, -0.25) is 0 Å². The van der Waals surface area contributed by atoms with E-state index < -0.39 is 0 Å². The normalized spacial score (nSPS) is 10.3. The Hall–Kier alpha value is -1.41. The van der Waals surface area contributed by atoms with E-state index >= 15 is 0 Å². The Bertz CT molecular complexity index is 494. The van der Waals surface area contributed by atoms with Crippen LogP contribution in [0, 0.1) is 0 Å². The molecule has 0 saturated carbocycles. The summed E-state index contributed by atoms with van der Waals surface area (Å²) in [5.41, 5.74) is 0. The highest BCUT2D eigenvalue weighted by Crippen LogP contribution is 2.38. The molecule has 2 aromatic rings. The van der Waals surface area contributed by atoms with Crippen LogP contribution in [0.5, 0.6) is 11.5 Å². The smallest absolute Gasteiger partial charge is 0.141 e. The predicted molar refractivity (Wildman–Crippen MR) is 62.1 cm³/mol. The number of hydrogen-bond acceptors (Lipinski definition) is 2. The van der Waals surface area contributed by atoms with Crippen LogP contribution in [0.1, 0.15) is 0 Å². The van der Waals surface area contributed by atoms with Crippen molar-refractivity contribution in [3.8, 4) is 11.5 Å². The van der Waals surface area contributed by atoms with E-state index in [4.69, 9.17) is 21.1 Å². The Morgan fingerprint density at radius 1 is 0.933 bits per heavy atom. The zero-order chi connectivity index (χ0) is 10.8. The maximum absolute atomic E-state index is 6.19. The molecule has 0 aromatic heterocycles. The van der Waals surface area contributed by atoms with Gasteiger partial charge in [0.05, 0.1) is 19.2 Å². The summed E-state index contributed by atoms with van der Waals surface area (Å²) in [6, 6.07) is 9.60. The fraction of sp³-hybridized carbons (Fsp3) is 0.167. The minimum atomic E-state index is 0.619. The Kier molecular flexibility index (Phi) is 2.69. The predicted octanol–water partition coefficient (Wildman–Crippen LogP) is 3.51. The van der Waals surface area contributed by atoms with Crippen molar-refractivity contribution < 1.29 is 9.47 Å². The molecule has 0 saturated heterocycles. The van der Waals surface area contributed by atoms with Crippen LogP contribution in [0.2, 0.25) is 5.02 Å². The Balaban J connectivity index is 2.84. The lowest BCUT2D eigenvalue weighted by Crippen LogP contribution is -1.90. The van der Waals surface area contributed by atoms with Crippen LogP contribution in [0.15, 0.2) is 30.3 Å². The molecular weight excluding hydrogens is 212 g/mol. The second-order valence-electron chi connectivity index (χ2n) is 3.14. The standard InChI is InChI=1S/C12H11ClO2/c1-14-10-7-11(15-2)12(13)9-6-4-3-5-8(9)10/h3-7H,1-2H3. The Morgan fingerprint density at radius 2 is 1.53 bits per heavy atom. The summed E-state index contributed by atoms with van der Waals surface area (Å²) in [4.78, 5) is 0. The van der Waals surface area contributed by atoms with Crippen molar-refractivity contribution in [2.75, 3.05) is 14.2 Å². The van der Waals surface area contributed by atoms with Gasteiger partial charge in [0.15, 0.2) is 0 Å². The number of fused-ring (bicyclic) bond motifs is 1. The van der Waals surface area contributed by atoms with Crippen molar-refractivity contribution in [1.29, 1.82) is 0 Å². The van der Waals surface area contributed by atoms with Gasteiger partial charge in [0.1, 0.15) is 11.5 Å². The quantitative estimate of drug-likeness (QED) is 0.774. The average molecular weight is 223 g/mol. The molecule has 0 bridgehead atoms. The molecule has 2 rings (SSSR count). The van der Waals surface area contributed by atoms with Gasteiger partial charge < -0.3 is 9.47 Å². The summed E-state index contributed by atoms with van der Waals surface area (Å²) >= 11 is 6.19. The van der Waals surface area contributed by atoms with Crippen molar-refractivity contribution >= 4 is 22.4 Å². The van der Waals surface area contributed by atoms with E-state index in [-0.39, 0.29) is 0 Å². The number of methoxy groups -OCH3 is 2. The number of rotatable bonds is 2. The highest BCUT2D eigenvalue weighted by molar-refractivity contribution is 6.37. The molecule has 0 atom stereocenters. The van der Waals surface area contributed by atoms with E-state index in [2.05, 4.69) is 0 Å². The second-order valence-corrected chi connectivity index (χ2v) is 3.52. The molecule has 0 amide bonds. The largest absolute Gasteiger partial charge is 0.496 e. The van der Waals surface area contributed by atoms with E-state index in [1.807, 2.05) is 24.3 Å². The molecule has 0 aliphatic heterocycles. The fourth-order valence-corrected chi connectivity index (χ4v) is 1.90. The third-order valence-corrected chi connectivity index (χ3v) is 2.74. The summed E-state index contributed by atoms with van der Waals surface area (Å²) in [5, 5.41) is 2.55. The van der Waals surface area contributed by atoms with Gasteiger partial charge in [0.2, 0.25) is 0 Å². The monoisotopic (exact) mass is 222 g/mol. The van der Waals surface area contributed by atoms with E-state index in [0.717, 1.165) is 16.5 Å². The third-order valence-electron chi connectivity index (χ3n) is 2.35. The summed E-state index contributed by atoms with van der Waals surface area (Å²) in [7, 11) is 3.23. The Morgan fingerprint density at radius 3 is 2.13 bits per heavy atom. The van der Waals surface area contributed by atoms with Crippen LogP contribution >= 0.6 is 11.6 Å². The third kappa shape index (κ3) is 1.61. The van der Waals surface area contributed by atoms with Gasteiger partial charge in [0, 0.05) is 16.8 Å². The molecule has 0 unspecified atom stereocenters. The highest BCUT2D eigenvalue weighted by Gasteiger charge is 2.10. The minimum absolute atomic E-state index is 0.619. The number of benzene rings is 2. The van der Waals surface area contributed by atoms with Crippen LogP contribution in [-0.2, 0) is 0 Å². The Labute approximate surface area is 93.4 Å². The zero-order valence-corrected chi connectivity index (χ0v) is 9.34. The molecule has 0 aliphatic carbocycles. The van der Waals surface area contributed by atoms with Crippen molar-refractivity contribution in [3.63, 3.8) is 0 Å². The van der Waals surface area contributed by atoms with Crippen LogP contribution in [0.3, 0.4) is 0 Å². The zero-order valence-electron chi connectivity index (χ0n) is 8.58. The molecular formula is C12H11ClO2. The van der Waals surface area contributed by atoms with Crippen LogP contribution in [0.25, 0.3) is 10.8 Å². The molecule has 0 spiro atoms. The summed E-state index contributed by atoms with van der Waals surface area (Å²) in [5.74, 6) is 1.40. The molecule has 78 valence electrons.